The summed E-state index contributed by atoms with van der Waals surface area (Å²) in [5, 5.41) is 4.54. The van der Waals surface area contributed by atoms with Gasteiger partial charge < -0.3 is 14.8 Å². The first-order valence-corrected chi connectivity index (χ1v) is 8.81. The van der Waals surface area contributed by atoms with Gasteiger partial charge in [-0.2, -0.15) is 0 Å². The molecular formula is C18H18FNO4S. The Balaban J connectivity index is 1.67. The van der Waals surface area contributed by atoms with Crippen molar-refractivity contribution >= 4 is 23.0 Å². The minimum absolute atomic E-state index is 0.0719. The maximum atomic E-state index is 13.3. The molecule has 25 heavy (non-hydrogen) atoms. The first-order chi connectivity index (χ1) is 12.0. The molecule has 2 atom stereocenters. The van der Waals surface area contributed by atoms with E-state index in [1.165, 1.54) is 30.4 Å². The highest BCUT2D eigenvalue weighted by atomic mass is 32.1. The van der Waals surface area contributed by atoms with Crippen molar-refractivity contribution in [2.45, 2.75) is 25.5 Å². The van der Waals surface area contributed by atoms with Gasteiger partial charge in [-0.1, -0.05) is 6.07 Å². The predicted molar refractivity (Wildman–Crippen MR) is 91.8 cm³/mol. The number of hydrogen-bond donors (Lipinski definition) is 1. The van der Waals surface area contributed by atoms with Crippen molar-refractivity contribution in [2.75, 3.05) is 13.2 Å². The van der Waals surface area contributed by atoms with Gasteiger partial charge in [0, 0.05) is 17.9 Å². The van der Waals surface area contributed by atoms with Gasteiger partial charge in [0.1, 0.15) is 17.7 Å². The largest absolute Gasteiger partial charge is 0.488 e. The van der Waals surface area contributed by atoms with Crippen LogP contribution in [0, 0.1) is 5.82 Å². The standard InChI is InChI=1S/C18H18FNO4S/c1-11(21)17-7-12(10-25-17)18(22)20-15-9-23-6-5-16(15)24-14-4-2-3-13(19)8-14/h2-4,7-8,10,15-16H,5-6,9H2,1H3,(H,20,22). The topological polar surface area (TPSA) is 64.6 Å². The lowest BCUT2D eigenvalue weighted by atomic mass is 10.1. The molecule has 0 bridgehead atoms. The Morgan fingerprint density at radius 1 is 1.36 bits per heavy atom. The van der Waals surface area contributed by atoms with Gasteiger partial charge in [-0.3, -0.25) is 9.59 Å². The van der Waals surface area contributed by atoms with E-state index in [9.17, 15) is 14.0 Å². The van der Waals surface area contributed by atoms with Crippen LogP contribution in [-0.4, -0.2) is 37.0 Å². The Labute approximate surface area is 148 Å². The summed E-state index contributed by atoms with van der Waals surface area (Å²) in [4.78, 5) is 24.3. The molecule has 5 nitrogen and oxygen atoms in total. The minimum Gasteiger partial charge on any atom is -0.488 e. The van der Waals surface area contributed by atoms with Crippen LogP contribution in [0.15, 0.2) is 35.7 Å². The van der Waals surface area contributed by atoms with Crippen molar-refractivity contribution in [3.63, 3.8) is 0 Å². The van der Waals surface area contributed by atoms with Crippen LogP contribution in [0.1, 0.15) is 33.4 Å². The third-order valence-corrected chi connectivity index (χ3v) is 4.93. The van der Waals surface area contributed by atoms with E-state index in [-0.39, 0.29) is 29.7 Å². The molecule has 0 radical (unpaired) electrons. The molecule has 2 aromatic rings. The molecule has 1 saturated heterocycles. The molecule has 1 fully saturated rings. The van der Waals surface area contributed by atoms with Crippen LogP contribution in [0.4, 0.5) is 4.39 Å². The summed E-state index contributed by atoms with van der Waals surface area (Å²) in [6.45, 7) is 2.29. The lowest BCUT2D eigenvalue weighted by Crippen LogP contribution is -2.51. The third kappa shape index (κ3) is 4.43. The highest BCUT2D eigenvalue weighted by Gasteiger charge is 2.29. The van der Waals surface area contributed by atoms with Gasteiger partial charge in [0.25, 0.3) is 5.91 Å². The molecule has 1 N–H and O–H groups in total. The zero-order chi connectivity index (χ0) is 17.8. The zero-order valence-electron chi connectivity index (χ0n) is 13.7. The quantitative estimate of drug-likeness (QED) is 0.830. The van der Waals surface area contributed by atoms with Crippen LogP contribution in [0.25, 0.3) is 0 Å². The van der Waals surface area contributed by atoms with Crippen molar-refractivity contribution in [3.8, 4) is 5.75 Å². The number of rotatable bonds is 5. The molecule has 0 saturated carbocycles. The number of hydrogen-bond acceptors (Lipinski definition) is 5. The fourth-order valence-electron chi connectivity index (χ4n) is 2.60. The van der Waals surface area contributed by atoms with Crippen LogP contribution in [0.2, 0.25) is 0 Å². The average molecular weight is 363 g/mol. The Kier molecular flexibility index (Phi) is 5.45. The number of benzene rings is 1. The number of halogens is 1. The Bertz CT molecular complexity index is 776. The Morgan fingerprint density at radius 2 is 2.20 bits per heavy atom. The average Bonchev–Trinajstić information content (AvgIpc) is 3.07. The highest BCUT2D eigenvalue weighted by molar-refractivity contribution is 7.12. The number of carbonyl (C=O) groups excluding carboxylic acids is 2. The first kappa shape index (κ1) is 17.6. The van der Waals surface area contributed by atoms with Crippen molar-refractivity contribution in [1.82, 2.24) is 5.32 Å². The Hall–Kier alpha value is -2.25. The second-order valence-corrected chi connectivity index (χ2v) is 6.72. The van der Waals surface area contributed by atoms with Crippen molar-refractivity contribution < 1.29 is 23.5 Å². The minimum atomic E-state index is -0.375. The van der Waals surface area contributed by atoms with E-state index >= 15 is 0 Å². The van der Waals surface area contributed by atoms with Crippen molar-refractivity contribution in [3.05, 3.63) is 52.0 Å². The fraction of sp³-hybridized carbons (Fsp3) is 0.333. The highest BCUT2D eigenvalue weighted by Crippen LogP contribution is 2.20. The summed E-state index contributed by atoms with van der Waals surface area (Å²) in [6.07, 6.45) is 0.273. The lowest BCUT2D eigenvalue weighted by Gasteiger charge is -2.32. The van der Waals surface area contributed by atoms with E-state index in [0.717, 1.165) is 0 Å². The molecule has 2 unspecified atom stereocenters. The van der Waals surface area contributed by atoms with Gasteiger partial charge in [-0.25, -0.2) is 4.39 Å². The van der Waals surface area contributed by atoms with E-state index in [1.54, 1.807) is 23.6 Å². The molecule has 3 rings (SSSR count). The first-order valence-electron chi connectivity index (χ1n) is 7.93. The molecule has 1 aromatic heterocycles. The predicted octanol–water partition coefficient (Wildman–Crippen LogP) is 3.06. The van der Waals surface area contributed by atoms with Crippen molar-refractivity contribution in [1.29, 1.82) is 0 Å². The number of carbonyl (C=O) groups is 2. The summed E-state index contributed by atoms with van der Waals surface area (Å²) < 4.78 is 24.6. The number of ketones is 1. The van der Waals surface area contributed by atoms with Gasteiger partial charge in [-0.05, 0) is 25.1 Å². The summed E-state index contributed by atoms with van der Waals surface area (Å²) in [7, 11) is 0. The van der Waals surface area contributed by atoms with Gasteiger partial charge in [0.05, 0.1) is 29.7 Å². The molecule has 1 aliphatic rings. The van der Waals surface area contributed by atoms with E-state index in [4.69, 9.17) is 9.47 Å². The molecule has 132 valence electrons. The SMILES string of the molecule is CC(=O)c1cc(C(=O)NC2COCCC2Oc2cccc(F)c2)cs1. The normalized spacial score (nSPS) is 20.1. The van der Waals surface area contributed by atoms with Crippen LogP contribution in [-0.2, 0) is 4.74 Å². The van der Waals surface area contributed by atoms with E-state index < -0.39 is 0 Å². The van der Waals surface area contributed by atoms with E-state index in [0.29, 0.717) is 35.8 Å². The maximum absolute atomic E-state index is 13.3. The zero-order valence-corrected chi connectivity index (χ0v) is 14.5. The maximum Gasteiger partial charge on any atom is 0.252 e. The summed E-state index contributed by atoms with van der Waals surface area (Å²) in [6, 6.07) is 7.13. The van der Waals surface area contributed by atoms with Crippen LogP contribution >= 0.6 is 11.3 Å². The fourth-order valence-corrected chi connectivity index (χ4v) is 3.39. The van der Waals surface area contributed by atoms with Gasteiger partial charge in [0.2, 0.25) is 0 Å². The number of nitrogens with one attached hydrogen (secondary N) is 1. The number of thiophene rings is 1. The summed E-state index contributed by atoms with van der Waals surface area (Å²) in [5.74, 6) is -0.315. The van der Waals surface area contributed by atoms with Crippen LogP contribution in [0.5, 0.6) is 5.75 Å². The van der Waals surface area contributed by atoms with Gasteiger partial charge in [0.15, 0.2) is 5.78 Å². The molecule has 0 spiro atoms. The molecular weight excluding hydrogens is 345 g/mol. The Morgan fingerprint density at radius 3 is 2.92 bits per heavy atom. The smallest absolute Gasteiger partial charge is 0.252 e. The second-order valence-electron chi connectivity index (χ2n) is 5.81. The molecule has 7 heteroatoms. The lowest BCUT2D eigenvalue weighted by molar-refractivity contribution is -0.00297. The molecule has 2 heterocycles. The monoisotopic (exact) mass is 363 g/mol. The summed E-state index contributed by atoms with van der Waals surface area (Å²) in [5.41, 5.74) is 0.435. The molecule has 1 aliphatic heterocycles. The number of Topliss-reactive ketones (excluding diaryl/α,β-unsaturated/α-hetero) is 1. The van der Waals surface area contributed by atoms with Gasteiger partial charge in [-0.15, -0.1) is 11.3 Å². The summed E-state index contributed by atoms with van der Waals surface area (Å²) >= 11 is 1.24. The number of ether oxygens (including phenoxy) is 2. The number of amides is 1. The molecule has 0 aliphatic carbocycles. The third-order valence-electron chi connectivity index (χ3n) is 3.90. The van der Waals surface area contributed by atoms with E-state index in [2.05, 4.69) is 5.32 Å². The van der Waals surface area contributed by atoms with Crippen LogP contribution < -0.4 is 10.1 Å². The van der Waals surface area contributed by atoms with Crippen LogP contribution in [0.3, 0.4) is 0 Å². The second kappa shape index (κ2) is 7.76. The molecule has 1 amide bonds. The van der Waals surface area contributed by atoms with E-state index in [1.807, 2.05) is 0 Å². The molecule has 1 aromatic carbocycles. The van der Waals surface area contributed by atoms with Gasteiger partial charge >= 0.3 is 0 Å². The van der Waals surface area contributed by atoms with Crippen molar-refractivity contribution in [2.24, 2.45) is 0 Å².